The second-order valence-electron chi connectivity index (χ2n) is 3.41. The van der Waals surface area contributed by atoms with E-state index in [1.807, 2.05) is 0 Å². The Morgan fingerprint density at radius 1 is 1.47 bits per heavy atom. The first kappa shape index (κ1) is 10.4. The molecule has 1 aromatic carbocycles. The summed E-state index contributed by atoms with van der Waals surface area (Å²) in [5.74, 6) is -0.229. The number of unbranched alkanes of at least 4 members (excludes halogenated alkanes) is 1. The van der Waals surface area contributed by atoms with Gasteiger partial charge in [0.25, 0.3) is 0 Å². The van der Waals surface area contributed by atoms with Gasteiger partial charge in [0.1, 0.15) is 5.82 Å². The van der Waals surface area contributed by atoms with Crippen LogP contribution in [0.5, 0.6) is 0 Å². The van der Waals surface area contributed by atoms with Gasteiger partial charge in [-0.25, -0.2) is 9.37 Å². The lowest BCUT2D eigenvalue weighted by Gasteiger charge is -1.98. The molecule has 0 radical (unpaired) electrons. The van der Waals surface area contributed by atoms with Crippen molar-refractivity contribution in [3.05, 3.63) is 24.0 Å². The van der Waals surface area contributed by atoms with Crippen molar-refractivity contribution in [3.63, 3.8) is 0 Å². The quantitative estimate of drug-likeness (QED) is 0.802. The summed E-state index contributed by atoms with van der Waals surface area (Å²) in [6, 6.07) is 4.71. The van der Waals surface area contributed by atoms with Crippen molar-refractivity contribution in [2.24, 2.45) is 0 Å². The Hall–Kier alpha value is -1.16. The second-order valence-corrected chi connectivity index (χ2v) is 4.44. The number of nitrogens with one attached hydrogen (secondary N) is 1. The molecule has 1 aromatic heterocycles. The minimum atomic E-state index is -0.229. The van der Waals surface area contributed by atoms with Gasteiger partial charge in [-0.3, -0.25) is 0 Å². The maximum absolute atomic E-state index is 12.9. The number of aromatic nitrogens is 1. The lowest BCUT2D eigenvalue weighted by atomic mass is 10.3. The maximum atomic E-state index is 12.9. The first-order valence-corrected chi connectivity index (χ1v) is 5.91. The highest BCUT2D eigenvalue weighted by Gasteiger charge is 2.03. The number of hydrogen-bond donors (Lipinski definition) is 1. The van der Waals surface area contributed by atoms with E-state index in [4.69, 9.17) is 0 Å². The SMILES string of the molecule is CCCCNc1nc2cc(F)ccc2s1. The Kier molecular flexibility index (Phi) is 3.16. The molecule has 0 aliphatic rings. The summed E-state index contributed by atoms with van der Waals surface area (Å²) in [4.78, 5) is 4.31. The van der Waals surface area contributed by atoms with Crippen LogP contribution in [0.4, 0.5) is 9.52 Å². The Balaban J connectivity index is 2.16. The van der Waals surface area contributed by atoms with Gasteiger partial charge in [-0.2, -0.15) is 0 Å². The summed E-state index contributed by atoms with van der Waals surface area (Å²) in [5.41, 5.74) is 0.735. The van der Waals surface area contributed by atoms with Crippen molar-refractivity contribution >= 4 is 26.7 Å². The topological polar surface area (TPSA) is 24.9 Å². The molecule has 0 fully saturated rings. The van der Waals surface area contributed by atoms with E-state index in [0.717, 1.165) is 34.7 Å². The predicted molar refractivity (Wildman–Crippen MR) is 63.0 cm³/mol. The molecule has 4 heteroatoms. The average molecular weight is 224 g/mol. The summed E-state index contributed by atoms with van der Waals surface area (Å²) < 4.78 is 13.9. The monoisotopic (exact) mass is 224 g/mol. The van der Waals surface area contributed by atoms with Crippen LogP contribution >= 0.6 is 11.3 Å². The smallest absolute Gasteiger partial charge is 0.183 e. The largest absolute Gasteiger partial charge is 0.361 e. The summed E-state index contributed by atoms with van der Waals surface area (Å²) in [7, 11) is 0. The Labute approximate surface area is 92.1 Å². The minimum Gasteiger partial charge on any atom is -0.361 e. The van der Waals surface area contributed by atoms with Gasteiger partial charge in [-0.1, -0.05) is 24.7 Å². The van der Waals surface area contributed by atoms with E-state index in [1.54, 1.807) is 17.4 Å². The first-order chi connectivity index (χ1) is 7.29. The van der Waals surface area contributed by atoms with Gasteiger partial charge >= 0.3 is 0 Å². The molecule has 1 heterocycles. The normalized spacial score (nSPS) is 10.8. The van der Waals surface area contributed by atoms with E-state index in [2.05, 4.69) is 17.2 Å². The fourth-order valence-corrected chi connectivity index (χ4v) is 2.22. The fraction of sp³-hybridized carbons (Fsp3) is 0.364. The van der Waals surface area contributed by atoms with Gasteiger partial charge in [0.15, 0.2) is 5.13 Å². The number of rotatable bonds is 4. The van der Waals surface area contributed by atoms with Gasteiger partial charge in [-0.15, -0.1) is 0 Å². The van der Waals surface area contributed by atoms with Gasteiger partial charge in [-0.05, 0) is 18.6 Å². The van der Waals surface area contributed by atoms with E-state index in [1.165, 1.54) is 12.1 Å². The highest BCUT2D eigenvalue weighted by molar-refractivity contribution is 7.22. The van der Waals surface area contributed by atoms with Crippen LogP contribution in [0.1, 0.15) is 19.8 Å². The minimum absolute atomic E-state index is 0.229. The standard InChI is InChI=1S/C11H13FN2S/c1-2-3-6-13-11-14-9-7-8(12)4-5-10(9)15-11/h4-5,7H,2-3,6H2,1H3,(H,13,14). The number of hydrogen-bond acceptors (Lipinski definition) is 3. The zero-order valence-corrected chi connectivity index (χ0v) is 9.40. The summed E-state index contributed by atoms with van der Waals surface area (Å²) >= 11 is 1.57. The van der Waals surface area contributed by atoms with Gasteiger partial charge in [0, 0.05) is 12.6 Å². The zero-order valence-electron chi connectivity index (χ0n) is 8.59. The third-order valence-corrected chi connectivity index (χ3v) is 3.15. The summed E-state index contributed by atoms with van der Waals surface area (Å²) in [6.45, 7) is 3.08. The Bertz CT molecular complexity index is 453. The molecule has 2 nitrogen and oxygen atoms in total. The molecule has 0 bridgehead atoms. The lowest BCUT2D eigenvalue weighted by Crippen LogP contribution is -1.99. The first-order valence-electron chi connectivity index (χ1n) is 5.09. The molecule has 0 amide bonds. The molecule has 0 spiro atoms. The maximum Gasteiger partial charge on any atom is 0.183 e. The van der Waals surface area contributed by atoms with Crippen LogP contribution in [-0.2, 0) is 0 Å². The third kappa shape index (κ3) is 2.45. The molecule has 0 unspecified atom stereocenters. The summed E-state index contributed by atoms with van der Waals surface area (Å²) in [5, 5.41) is 4.12. The highest BCUT2D eigenvalue weighted by atomic mass is 32.1. The van der Waals surface area contributed by atoms with Crippen molar-refractivity contribution in [3.8, 4) is 0 Å². The molecule has 80 valence electrons. The molecule has 1 N–H and O–H groups in total. The highest BCUT2D eigenvalue weighted by Crippen LogP contribution is 2.26. The van der Waals surface area contributed by atoms with Crippen molar-refractivity contribution in [1.29, 1.82) is 0 Å². The molecule has 0 saturated heterocycles. The number of nitrogens with zero attached hydrogens (tertiary/aromatic N) is 1. The van der Waals surface area contributed by atoms with Crippen LogP contribution in [0.3, 0.4) is 0 Å². The van der Waals surface area contributed by atoms with Crippen molar-refractivity contribution in [2.75, 3.05) is 11.9 Å². The zero-order chi connectivity index (χ0) is 10.7. The van der Waals surface area contributed by atoms with E-state index in [9.17, 15) is 4.39 Å². The number of halogens is 1. The fourth-order valence-electron chi connectivity index (χ4n) is 1.35. The Morgan fingerprint density at radius 3 is 3.13 bits per heavy atom. The van der Waals surface area contributed by atoms with Crippen LogP contribution in [-0.4, -0.2) is 11.5 Å². The second kappa shape index (κ2) is 4.57. The molecule has 2 rings (SSSR count). The molecule has 0 saturated carbocycles. The number of fused-ring (bicyclic) bond motifs is 1. The molecule has 15 heavy (non-hydrogen) atoms. The molecular weight excluding hydrogens is 211 g/mol. The van der Waals surface area contributed by atoms with Gasteiger partial charge in [0.05, 0.1) is 10.2 Å². The summed E-state index contributed by atoms with van der Waals surface area (Å²) in [6.07, 6.45) is 2.29. The third-order valence-electron chi connectivity index (χ3n) is 2.16. The van der Waals surface area contributed by atoms with Crippen molar-refractivity contribution in [1.82, 2.24) is 4.98 Å². The molecule has 0 aliphatic carbocycles. The Morgan fingerprint density at radius 2 is 2.33 bits per heavy atom. The predicted octanol–water partition coefficient (Wildman–Crippen LogP) is 3.65. The number of anilines is 1. The molecule has 0 atom stereocenters. The number of thiazole rings is 1. The van der Waals surface area contributed by atoms with Crippen LogP contribution < -0.4 is 5.32 Å². The average Bonchev–Trinajstić information content (AvgIpc) is 2.60. The van der Waals surface area contributed by atoms with Crippen molar-refractivity contribution < 1.29 is 4.39 Å². The van der Waals surface area contributed by atoms with Crippen LogP contribution in [0, 0.1) is 5.82 Å². The molecule has 2 aromatic rings. The van der Waals surface area contributed by atoms with Crippen molar-refractivity contribution in [2.45, 2.75) is 19.8 Å². The van der Waals surface area contributed by atoms with E-state index in [-0.39, 0.29) is 5.82 Å². The van der Waals surface area contributed by atoms with E-state index < -0.39 is 0 Å². The van der Waals surface area contributed by atoms with Gasteiger partial charge < -0.3 is 5.32 Å². The van der Waals surface area contributed by atoms with Crippen LogP contribution in [0.2, 0.25) is 0 Å². The lowest BCUT2D eigenvalue weighted by molar-refractivity contribution is 0.629. The molecule has 0 aliphatic heterocycles. The van der Waals surface area contributed by atoms with E-state index in [0.29, 0.717) is 0 Å². The van der Waals surface area contributed by atoms with Crippen LogP contribution in [0.15, 0.2) is 18.2 Å². The molecular formula is C11H13FN2S. The van der Waals surface area contributed by atoms with E-state index >= 15 is 0 Å². The number of benzene rings is 1. The van der Waals surface area contributed by atoms with Crippen LogP contribution in [0.25, 0.3) is 10.2 Å². The van der Waals surface area contributed by atoms with Gasteiger partial charge in [0.2, 0.25) is 0 Å².